The van der Waals surface area contributed by atoms with Gasteiger partial charge < -0.3 is 15.0 Å². The molecule has 1 heterocycles. The first-order valence-electron chi connectivity index (χ1n) is 4.90. The normalized spacial score (nSPS) is 16.1. The fourth-order valence-corrected chi connectivity index (χ4v) is 1.27. The monoisotopic (exact) mass is 196 g/mol. The fraction of sp³-hybridized carbons (Fsp3) is 0.700. The fourth-order valence-electron chi connectivity index (χ4n) is 1.27. The molecule has 1 fully saturated rings. The molecule has 1 aliphatic rings. The average molecular weight is 196 g/mol. The van der Waals surface area contributed by atoms with Gasteiger partial charge in [0.1, 0.15) is 0 Å². The number of nitrogens with zero attached hydrogens (tertiary/aromatic N) is 1. The van der Waals surface area contributed by atoms with Crippen molar-refractivity contribution in [2.45, 2.75) is 12.8 Å². The smallest absolute Gasteiger partial charge is 0.409 e. The van der Waals surface area contributed by atoms with Crippen LogP contribution in [0.4, 0.5) is 4.79 Å². The van der Waals surface area contributed by atoms with Crippen LogP contribution in [0.2, 0.25) is 0 Å². The Bertz CT molecular complexity index is 217. The maximum atomic E-state index is 11.4. The van der Waals surface area contributed by atoms with Crippen LogP contribution in [0, 0.1) is 12.3 Å². The second-order valence-electron chi connectivity index (χ2n) is 3.16. The number of terminal acetylenes is 1. The van der Waals surface area contributed by atoms with Gasteiger partial charge in [-0.15, -0.1) is 12.3 Å². The van der Waals surface area contributed by atoms with Gasteiger partial charge >= 0.3 is 6.09 Å². The molecule has 0 spiro atoms. The number of nitrogens with one attached hydrogen (secondary N) is 1. The Labute approximate surface area is 84.6 Å². The second-order valence-corrected chi connectivity index (χ2v) is 3.16. The van der Waals surface area contributed by atoms with Crippen LogP contribution in [-0.2, 0) is 4.74 Å². The molecule has 0 radical (unpaired) electrons. The van der Waals surface area contributed by atoms with Crippen molar-refractivity contribution in [2.24, 2.45) is 0 Å². The molecule has 1 saturated heterocycles. The lowest BCUT2D eigenvalue weighted by molar-refractivity contribution is 0.0970. The number of hydrogen-bond donors (Lipinski definition) is 1. The van der Waals surface area contributed by atoms with Crippen LogP contribution >= 0.6 is 0 Å². The van der Waals surface area contributed by atoms with Crippen molar-refractivity contribution in [3.63, 3.8) is 0 Å². The Balaban J connectivity index is 2.11. The first-order valence-corrected chi connectivity index (χ1v) is 4.90. The van der Waals surface area contributed by atoms with Crippen molar-refractivity contribution in [1.29, 1.82) is 0 Å². The summed E-state index contributed by atoms with van der Waals surface area (Å²) < 4.78 is 5.05. The van der Waals surface area contributed by atoms with Crippen LogP contribution in [0.3, 0.4) is 0 Å². The van der Waals surface area contributed by atoms with E-state index in [1.54, 1.807) is 4.90 Å². The zero-order valence-corrected chi connectivity index (χ0v) is 8.29. The molecule has 0 bridgehead atoms. The molecule has 0 aromatic rings. The number of rotatable bonds is 3. The maximum Gasteiger partial charge on any atom is 0.409 e. The highest BCUT2D eigenvalue weighted by atomic mass is 16.6. The first-order chi connectivity index (χ1) is 6.84. The Morgan fingerprint density at radius 1 is 1.50 bits per heavy atom. The Hall–Kier alpha value is -1.21. The summed E-state index contributed by atoms with van der Waals surface area (Å²) in [4.78, 5) is 13.1. The van der Waals surface area contributed by atoms with Crippen LogP contribution in [0.15, 0.2) is 0 Å². The third kappa shape index (κ3) is 3.67. The summed E-state index contributed by atoms with van der Waals surface area (Å²) >= 11 is 0. The van der Waals surface area contributed by atoms with E-state index in [9.17, 15) is 4.79 Å². The topological polar surface area (TPSA) is 41.6 Å². The molecular formula is C10H16N2O2. The third-order valence-electron chi connectivity index (χ3n) is 2.07. The standard InChI is InChI=1S/C10H16N2O2/c1-2-3-4-9-14-10(13)12-7-5-11-6-8-12/h1,11H,3-9H2. The summed E-state index contributed by atoms with van der Waals surface area (Å²) in [5, 5.41) is 3.17. The van der Waals surface area contributed by atoms with E-state index in [-0.39, 0.29) is 6.09 Å². The number of piperazine rings is 1. The molecule has 0 atom stereocenters. The van der Waals surface area contributed by atoms with E-state index in [4.69, 9.17) is 11.2 Å². The summed E-state index contributed by atoms with van der Waals surface area (Å²) in [5.74, 6) is 2.51. The lowest BCUT2D eigenvalue weighted by atomic mass is 10.3. The van der Waals surface area contributed by atoms with E-state index in [0.29, 0.717) is 13.0 Å². The molecule has 78 valence electrons. The van der Waals surface area contributed by atoms with Crippen LogP contribution in [0.25, 0.3) is 0 Å². The Morgan fingerprint density at radius 2 is 2.21 bits per heavy atom. The average Bonchev–Trinajstić information content (AvgIpc) is 2.25. The quantitative estimate of drug-likeness (QED) is 0.526. The number of unbranched alkanes of at least 4 members (excludes halogenated alkanes) is 1. The molecule has 14 heavy (non-hydrogen) atoms. The maximum absolute atomic E-state index is 11.4. The molecule has 1 amide bonds. The van der Waals surface area contributed by atoms with Gasteiger partial charge in [0.15, 0.2) is 0 Å². The summed E-state index contributed by atoms with van der Waals surface area (Å²) in [6.45, 7) is 3.58. The summed E-state index contributed by atoms with van der Waals surface area (Å²) in [6.07, 6.45) is 6.27. The van der Waals surface area contributed by atoms with E-state index in [0.717, 1.165) is 32.6 Å². The minimum Gasteiger partial charge on any atom is -0.449 e. The molecule has 0 saturated carbocycles. The summed E-state index contributed by atoms with van der Waals surface area (Å²) in [7, 11) is 0. The van der Waals surface area contributed by atoms with Gasteiger partial charge in [-0.05, 0) is 6.42 Å². The molecule has 1 N–H and O–H groups in total. The van der Waals surface area contributed by atoms with Crippen molar-refractivity contribution >= 4 is 6.09 Å². The number of carbonyl (C=O) groups excluding carboxylic acids is 1. The minimum atomic E-state index is -0.219. The van der Waals surface area contributed by atoms with E-state index in [1.807, 2.05) is 0 Å². The number of ether oxygens (including phenoxy) is 1. The predicted octanol–water partition coefficient (Wildman–Crippen LogP) is 0.442. The SMILES string of the molecule is C#CCCCOC(=O)N1CCNCC1. The molecule has 4 heteroatoms. The highest BCUT2D eigenvalue weighted by Gasteiger charge is 2.16. The molecule has 0 aliphatic carbocycles. The minimum absolute atomic E-state index is 0.219. The lowest BCUT2D eigenvalue weighted by Gasteiger charge is -2.26. The molecule has 1 aliphatic heterocycles. The Kier molecular flexibility index (Phi) is 4.87. The third-order valence-corrected chi connectivity index (χ3v) is 2.07. The van der Waals surface area contributed by atoms with Gasteiger partial charge in [0.05, 0.1) is 6.61 Å². The number of carbonyl (C=O) groups is 1. The molecular weight excluding hydrogens is 180 g/mol. The van der Waals surface area contributed by atoms with Crippen molar-refractivity contribution in [3.05, 3.63) is 0 Å². The van der Waals surface area contributed by atoms with Gasteiger partial charge in [0, 0.05) is 32.6 Å². The highest BCUT2D eigenvalue weighted by Crippen LogP contribution is 1.98. The van der Waals surface area contributed by atoms with Crippen molar-refractivity contribution in [1.82, 2.24) is 10.2 Å². The number of hydrogen-bond acceptors (Lipinski definition) is 3. The predicted molar refractivity (Wildman–Crippen MR) is 53.9 cm³/mol. The van der Waals surface area contributed by atoms with Crippen LogP contribution in [0.1, 0.15) is 12.8 Å². The second kappa shape index (κ2) is 6.28. The zero-order valence-electron chi connectivity index (χ0n) is 8.29. The molecule has 0 unspecified atom stereocenters. The van der Waals surface area contributed by atoms with Gasteiger partial charge in [-0.25, -0.2) is 4.79 Å². The van der Waals surface area contributed by atoms with E-state index >= 15 is 0 Å². The van der Waals surface area contributed by atoms with Crippen molar-refractivity contribution in [2.75, 3.05) is 32.8 Å². The van der Waals surface area contributed by atoms with Gasteiger partial charge in [0.2, 0.25) is 0 Å². The molecule has 0 aromatic heterocycles. The molecule has 0 aromatic carbocycles. The van der Waals surface area contributed by atoms with E-state index in [2.05, 4.69) is 11.2 Å². The largest absolute Gasteiger partial charge is 0.449 e. The summed E-state index contributed by atoms with van der Waals surface area (Å²) in [6, 6.07) is 0. The van der Waals surface area contributed by atoms with Gasteiger partial charge in [-0.1, -0.05) is 0 Å². The highest BCUT2D eigenvalue weighted by molar-refractivity contribution is 5.67. The van der Waals surface area contributed by atoms with Crippen molar-refractivity contribution in [3.8, 4) is 12.3 Å². The van der Waals surface area contributed by atoms with Crippen molar-refractivity contribution < 1.29 is 9.53 Å². The van der Waals surface area contributed by atoms with Crippen LogP contribution < -0.4 is 5.32 Å². The molecule has 1 rings (SSSR count). The van der Waals surface area contributed by atoms with Gasteiger partial charge in [-0.2, -0.15) is 0 Å². The number of amides is 1. The van der Waals surface area contributed by atoms with Crippen LogP contribution in [0.5, 0.6) is 0 Å². The van der Waals surface area contributed by atoms with E-state index in [1.165, 1.54) is 0 Å². The first kappa shape index (κ1) is 10.9. The van der Waals surface area contributed by atoms with Crippen LogP contribution in [-0.4, -0.2) is 43.8 Å². The Morgan fingerprint density at radius 3 is 2.86 bits per heavy atom. The van der Waals surface area contributed by atoms with Gasteiger partial charge in [-0.3, -0.25) is 0 Å². The van der Waals surface area contributed by atoms with Gasteiger partial charge in [0.25, 0.3) is 0 Å². The van der Waals surface area contributed by atoms with E-state index < -0.39 is 0 Å². The zero-order chi connectivity index (χ0) is 10.2. The molecule has 4 nitrogen and oxygen atoms in total. The lowest BCUT2D eigenvalue weighted by Crippen LogP contribution is -2.46. The summed E-state index contributed by atoms with van der Waals surface area (Å²) in [5.41, 5.74) is 0.